The van der Waals surface area contributed by atoms with Crippen LogP contribution in [0.2, 0.25) is 0 Å². The highest BCUT2D eigenvalue weighted by atomic mass is 19.4. The molecule has 105 heavy (non-hydrogen) atoms. The molecule has 12 rings (SSSR count). The van der Waals surface area contributed by atoms with Crippen LogP contribution in [-0.2, 0) is 20.8 Å². The van der Waals surface area contributed by atoms with E-state index in [0.717, 1.165) is 120 Å². The number of carbonyl (C=O) groups is 5. The summed E-state index contributed by atoms with van der Waals surface area (Å²) in [6, 6.07) is 44.9. The van der Waals surface area contributed by atoms with Crippen LogP contribution in [0, 0.1) is 34.0 Å². The molecule has 3 aromatic heterocycles. The van der Waals surface area contributed by atoms with E-state index in [4.69, 9.17) is 64.9 Å². The Labute approximate surface area is 603 Å². The number of aliphatic carboxylic acids is 1. The second-order valence-electron chi connectivity index (χ2n) is 25.2. The molecule has 4 aliphatic carbocycles. The first-order valence-corrected chi connectivity index (χ1v) is 34.4. The smallest absolute Gasteiger partial charge is 0.490 e. The number of nitrogens with two attached hydrogens (primary N) is 1. The largest absolute Gasteiger partial charge is 0.497 e. The standard InChI is InChI=1S/C26H28N4O4.C18H20N4O3.C16H18N4O4.C13H15NO.C2HF3O2/c1-3-33-26(31)24-25(30(29-28-24)17-19-6-12-22(32-2)13-7-19)34-23-14-10-21(11-15-23)20-8-4-18(16-27)5-9-20;1-2-24-18(23)16-17(21-22-20-16)25-15-9-7-14(8-10-15)13-5-3-12(11-19)4-6-13;17-14(21)11-3-1-9(2-4-11)10-5-7-12(8-6-10)24-15-13(16(22)23)18-20-19-15;14-9-10-1-3-11(4-2-10)12-5-7-13(15)8-6-12;3-2(4,5)1(6)7/h4-9,12-13,21,23H,3,10-11,14-15,17H2,1-2H3;3-6,14-15H,2,7-10H2,1H3,(H,20,21,22);1-4,10,12H,5-8H2,(H2,17,21)(H,22,23)(H,18,19,20);1-4,12-13,15H,5-8H2;(H,6,7). The zero-order valence-electron chi connectivity index (χ0n) is 58.1. The number of aliphatic hydroxyl groups is 1. The number of amides is 1. The number of primary amides is 1. The highest BCUT2D eigenvalue weighted by Crippen LogP contribution is 2.39. The van der Waals surface area contributed by atoms with Crippen LogP contribution >= 0.6 is 0 Å². The van der Waals surface area contributed by atoms with Crippen LogP contribution in [0.25, 0.3) is 0 Å². The summed E-state index contributed by atoms with van der Waals surface area (Å²) in [5.41, 5.74) is 13.9. The number of aromatic amines is 2. The highest BCUT2D eigenvalue weighted by molar-refractivity contribution is 5.93. The number of esters is 2. The van der Waals surface area contributed by atoms with Gasteiger partial charge in [-0.15, -0.1) is 5.10 Å². The lowest BCUT2D eigenvalue weighted by molar-refractivity contribution is -0.192. The molecule has 0 saturated heterocycles. The van der Waals surface area contributed by atoms with Crippen molar-refractivity contribution in [1.29, 1.82) is 15.8 Å². The van der Waals surface area contributed by atoms with Gasteiger partial charge < -0.3 is 49.5 Å². The number of nitriles is 3. The first-order chi connectivity index (χ1) is 50.6. The van der Waals surface area contributed by atoms with Gasteiger partial charge in [-0.25, -0.2) is 34.1 Å². The predicted octanol–water partition coefficient (Wildman–Crippen LogP) is 12.4. The van der Waals surface area contributed by atoms with Crippen LogP contribution in [0.5, 0.6) is 23.4 Å². The van der Waals surface area contributed by atoms with Crippen molar-refractivity contribution >= 4 is 29.8 Å². The summed E-state index contributed by atoms with van der Waals surface area (Å²) >= 11 is 0. The van der Waals surface area contributed by atoms with Gasteiger partial charge >= 0.3 is 30.1 Å². The zero-order chi connectivity index (χ0) is 75.4. The minimum absolute atomic E-state index is 0.00732. The Morgan fingerprint density at radius 2 is 0.905 bits per heavy atom. The maximum atomic E-state index is 12.5. The van der Waals surface area contributed by atoms with Crippen molar-refractivity contribution in [3.8, 4) is 41.6 Å². The first kappa shape index (κ1) is 79.0. The normalized spacial score (nSPS) is 19.5. The van der Waals surface area contributed by atoms with Crippen molar-refractivity contribution < 1.29 is 80.9 Å². The Bertz CT molecular complexity index is 4230. The quantitative estimate of drug-likeness (QED) is 0.0409. The van der Waals surface area contributed by atoms with E-state index < -0.39 is 36.0 Å². The molecule has 8 aromatic rings. The molecule has 30 heteroatoms. The number of aromatic nitrogens is 9. The lowest BCUT2D eigenvalue weighted by Gasteiger charge is -2.29. The number of benzene rings is 5. The van der Waals surface area contributed by atoms with Crippen LogP contribution in [0.1, 0.15) is 227 Å². The summed E-state index contributed by atoms with van der Waals surface area (Å²) in [7, 11) is 1.63. The average Bonchev–Trinajstić information content (AvgIpc) is 1.71. The number of methoxy groups -OCH3 is 1. The number of carboxylic acid groups (broad SMARTS) is 2. The van der Waals surface area contributed by atoms with Crippen LogP contribution in [-0.4, -0.2) is 142 Å². The molecule has 1 amide bonds. The van der Waals surface area contributed by atoms with E-state index in [1.807, 2.05) is 109 Å². The third-order valence-electron chi connectivity index (χ3n) is 18.4. The van der Waals surface area contributed by atoms with Crippen molar-refractivity contribution in [2.45, 2.75) is 177 Å². The van der Waals surface area contributed by atoms with E-state index in [2.05, 4.69) is 59.3 Å². The number of hydrogen-bond acceptors (Lipinski definition) is 21. The maximum absolute atomic E-state index is 12.5. The number of hydrogen-bond donors (Lipinski definition) is 6. The molecular formula is C75H82F3N13O14. The van der Waals surface area contributed by atoms with Crippen molar-refractivity contribution in [2.24, 2.45) is 5.73 Å². The Morgan fingerprint density at radius 1 is 0.533 bits per heavy atom. The Balaban J connectivity index is 0.000000177. The van der Waals surface area contributed by atoms with Crippen molar-refractivity contribution in [2.75, 3.05) is 20.3 Å². The minimum atomic E-state index is -5.08. The van der Waals surface area contributed by atoms with E-state index in [0.29, 0.717) is 52.8 Å². The number of nitrogens with one attached hydrogen (secondary N) is 2. The third-order valence-corrected chi connectivity index (χ3v) is 18.4. The molecule has 0 unspecified atom stereocenters. The highest BCUT2D eigenvalue weighted by Gasteiger charge is 2.38. The molecule has 0 radical (unpaired) electrons. The fourth-order valence-electron chi connectivity index (χ4n) is 12.7. The number of carbonyl (C=O) groups excluding carboxylic acids is 3. The summed E-state index contributed by atoms with van der Waals surface area (Å²) in [4.78, 5) is 55.3. The molecule has 3 heterocycles. The van der Waals surface area contributed by atoms with Gasteiger partial charge in [-0.1, -0.05) is 86.5 Å². The SMILES string of the molecule is CCOC(=O)c1[nH]nnc1OC1CCC(c2ccc(C#N)cc2)CC1.CCOC(=O)c1nnn(Cc2ccc(OC)cc2)c1OC1CCC(c2ccc(C#N)cc2)CC1.N#Cc1ccc(C2CCC(O)CC2)cc1.NC(=O)c1ccc(C2CCC(Oc3nn[nH]c3C(=O)O)CC2)cc1.O=C(O)C(F)(F)F. The minimum Gasteiger partial charge on any atom is -0.497 e. The lowest BCUT2D eigenvalue weighted by atomic mass is 9.82. The first-order valence-electron chi connectivity index (χ1n) is 34.4. The maximum Gasteiger partial charge on any atom is 0.490 e. The number of aliphatic hydroxyl groups excluding tert-OH is 1. The predicted molar refractivity (Wildman–Crippen MR) is 370 cm³/mol. The van der Waals surface area contributed by atoms with Crippen LogP contribution in [0.15, 0.2) is 121 Å². The summed E-state index contributed by atoms with van der Waals surface area (Å²) in [6.07, 6.45) is 9.43. The van der Waals surface area contributed by atoms with Gasteiger partial charge in [0.1, 0.15) is 24.1 Å². The van der Waals surface area contributed by atoms with Gasteiger partial charge in [0.25, 0.3) is 11.8 Å². The van der Waals surface area contributed by atoms with E-state index in [1.54, 1.807) is 37.8 Å². The van der Waals surface area contributed by atoms with Crippen molar-refractivity contribution in [3.05, 3.63) is 188 Å². The van der Waals surface area contributed by atoms with E-state index in [9.17, 15) is 37.5 Å². The Kier molecular flexibility index (Phi) is 29.4. The second-order valence-corrected chi connectivity index (χ2v) is 25.2. The Morgan fingerprint density at radius 3 is 1.28 bits per heavy atom. The number of H-pyrrole nitrogens is 2. The number of carboxylic acids is 2. The van der Waals surface area contributed by atoms with Gasteiger partial charge in [0.15, 0.2) is 0 Å². The molecule has 4 fully saturated rings. The molecule has 4 aliphatic rings. The molecule has 0 spiro atoms. The van der Waals surface area contributed by atoms with Gasteiger partial charge in [0.2, 0.25) is 28.9 Å². The van der Waals surface area contributed by atoms with Gasteiger partial charge in [0, 0.05) is 5.56 Å². The second kappa shape index (κ2) is 39.1. The zero-order valence-corrected chi connectivity index (χ0v) is 58.1. The van der Waals surface area contributed by atoms with Gasteiger partial charge in [-0.2, -0.15) is 29.0 Å². The van der Waals surface area contributed by atoms with Gasteiger partial charge in [-0.3, -0.25) is 4.79 Å². The van der Waals surface area contributed by atoms with Crippen LogP contribution in [0.3, 0.4) is 0 Å². The molecule has 0 atom stereocenters. The summed E-state index contributed by atoms with van der Waals surface area (Å²) in [5.74, 6) is -2.15. The molecule has 0 bridgehead atoms. The molecule has 552 valence electrons. The molecule has 5 aromatic carbocycles. The molecule has 4 saturated carbocycles. The molecule has 27 nitrogen and oxygen atoms in total. The topological polar surface area (TPSA) is 413 Å². The number of rotatable bonds is 19. The fourth-order valence-corrected chi connectivity index (χ4v) is 12.7. The van der Waals surface area contributed by atoms with Crippen molar-refractivity contribution in [3.63, 3.8) is 0 Å². The number of halogens is 3. The van der Waals surface area contributed by atoms with Crippen LogP contribution in [0.4, 0.5) is 13.2 Å². The summed E-state index contributed by atoms with van der Waals surface area (Å²) in [5, 5.41) is 79.9. The molecule has 0 aliphatic heterocycles. The van der Waals surface area contributed by atoms with E-state index in [1.165, 1.54) is 22.3 Å². The number of alkyl halides is 3. The Hall–Kier alpha value is -11.7. The van der Waals surface area contributed by atoms with Crippen LogP contribution < -0.4 is 24.7 Å². The average molecular weight is 1450 g/mol. The van der Waals surface area contributed by atoms with Gasteiger partial charge in [0.05, 0.1) is 67.9 Å². The lowest BCUT2D eigenvalue weighted by Crippen LogP contribution is -2.25. The third kappa shape index (κ3) is 23.4. The van der Waals surface area contributed by atoms with Crippen molar-refractivity contribution in [1.82, 2.24) is 45.8 Å². The fraction of sp³-hybridized carbons (Fsp3) is 0.413. The summed E-state index contributed by atoms with van der Waals surface area (Å²) < 4.78 is 66.6. The number of ether oxygens (including phenoxy) is 6. The number of aromatic carboxylic acids is 1. The number of nitrogens with zero attached hydrogens (tertiary/aromatic N) is 10. The van der Waals surface area contributed by atoms with E-state index >= 15 is 0 Å². The monoisotopic (exact) mass is 1450 g/mol. The molecule has 7 N–H and O–H groups in total. The summed E-state index contributed by atoms with van der Waals surface area (Å²) in [6.45, 7) is 4.44. The van der Waals surface area contributed by atoms with E-state index in [-0.39, 0.29) is 66.5 Å². The molecular weight excluding hydrogens is 1360 g/mol. The van der Waals surface area contributed by atoms with Gasteiger partial charge in [-0.05, 0) is 229 Å².